The predicted molar refractivity (Wildman–Crippen MR) is 80.0 cm³/mol. The maximum atomic E-state index is 12.4. The minimum atomic E-state index is -1.03. The van der Waals surface area contributed by atoms with Gasteiger partial charge < -0.3 is 10.0 Å². The lowest BCUT2D eigenvalue weighted by Gasteiger charge is -2.21. The number of rotatable bonds is 4. The zero-order valence-electron chi connectivity index (χ0n) is 11.4. The monoisotopic (exact) mass is 339 g/mol. The summed E-state index contributed by atoms with van der Waals surface area (Å²) < 4.78 is 0.606. The fourth-order valence-corrected chi connectivity index (χ4v) is 3.21. The van der Waals surface area contributed by atoms with Crippen molar-refractivity contribution in [2.75, 3.05) is 13.6 Å². The Hall–Kier alpha value is -1.36. The van der Waals surface area contributed by atoms with Gasteiger partial charge in [0.15, 0.2) is 0 Å². The average Bonchev–Trinajstić information content (AvgIpc) is 2.89. The first-order valence-corrected chi connectivity index (χ1v) is 7.56. The highest BCUT2D eigenvalue weighted by Gasteiger charge is 2.21. The van der Waals surface area contributed by atoms with Crippen LogP contribution in [0.3, 0.4) is 0 Å². The quantitative estimate of drug-likeness (QED) is 0.914. The highest BCUT2D eigenvalue weighted by molar-refractivity contribution is 9.10. The first kappa shape index (κ1) is 15.0. The smallest absolute Gasteiger partial charge is 0.335 e. The van der Waals surface area contributed by atoms with Gasteiger partial charge in [0.1, 0.15) is 0 Å². The van der Waals surface area contributed by atoms with Gasteiger partial charge in [0.25, 0.3) is 5.91 Å². The molecule has 2 rings (SSSR count). The van der Waals surface area contributed by atoms with Gasteiger partial charge in [-0.3, -0.25) is 4.79 Å². The van der Waals surface area contributed by atoms with Crippen LogP contribution in [0.1, 0.15) is 46.4 Å². The maximum absolute atomic E-state index is 12.4. The first-order valence-electron chi connectivity index (χ1n) is 6.76. The normalized spacial score (nSPS) is 15.3. The van der Waals surface area contributed by atoms with E-state index in [1.807, 2.05) is 0 Å². The molecule has 1 aliphatic carbocycles. The minimum absolute atomic E-state index is 0.122. The van der Waals surface area contributed by atoms with Gasteiger partial charge in [-0.2, -0.15) is 0 Å². The number of halogens is 1. The number of carboxylic acid groups (broad SMARTS) is 1. The molecule has 0 bridgehead atoms. The third-order valence-electron chi connectivity index (χ3n) is 3.75. The van der Waals surface area contributed by atoms with Crippen LogP contribution < -0.4 is 0 Å². The number of carbonyl (C=O) groups is 2. The molecular formula is C15H18BrNO3. The molecule has 1 fully saturated rings. The standard InChI is InChI=1S/C15H18BrNO3/c1-17(9-10-4-2-3-5-10)14(18)11-6-12(15(19)20)8-13(16)7-11/h6-8,10H,2-5,9H2,1H3,(H,19,20). The number of nitrogens with zero attached hydrogens (tertiary/aromatic N) is 1. The summed E-state index contributed by atoms with van der Waals surface area (Å²) in [7, 11) is 1.78. The van der Waals surface area contributed by atoms with E-state index in [-0.39, 0.29) is 11.5 Å². The van der Waals surface area contributed by atoms with Crippen molar-refractivity contribution in [2.45, 2.75) is 25.7 Å². The van der Waals surface area contributed by atoms with Gasteiger partial charge in [-0.25, -0.2) is 4.79 Å². The van der Waals surface area contributed by atoms with Crippen molar-refractivity contribution in [1.29, 1.82) is 0 Å². The van der Waals surface area contributed by atoms with Crippen molar-refractivity contribution in [3.05, 3.63) is 33.8 Å². The molecule has 0 unspecified atom stereocenters. The summed E-state index contributed by atoms with van der Waals surface area (Å²) in [5.74, 6) is -0.574. The molecule has 0 aromatic heterocycles. The van der Waals surface area contributed by atoms with Gasteiger partial charge in [-0.05, 0) is 37.0 Å². The molecule has 0 aliphatic heterocycles. The van der Waals surface area contributed by atoms with E-state index in [9.17, 15) is 9.59 Å². The van der Waals surface area contributed by atoms with Crippen LogP contribution in [0.2, 0.25) is 0 Å². The number of carboxylic acids is 1. The molecule has 0 atom stereocenters. The third kappa shape index (κ3) is 3.60. The van der Waals surface area contributed by atoms with Crippen molar-refractivity contribution in [2.24, 2.45) is 5.92 Å². The van der Waals surface area contributed by atoms with Crippen LogP contribution in [0.15, 0.2) is 22.7 Å². The number of hydrogen-bond acceptors (Lipinski definition) is 2. The molecule has 1 N–H and O–H groups in total. The Morgan fingerprint density at radius 1 is 1.25 bits per heavy atom. The fourth-order valence-electron chi connectivity index (χ4n) is 2.72. The van der Waals surface area contributed by atoms with Crippen molar-refractivity contribution in [1.82, 2.24) is 4.90 Å². The summed E-state index contributed by atoms with van der Waals surface area (Å²) in [6.45, 7) is 0.744. The summed E-state index contributed by atoms with van der Waals surface area (Å²) in [5, 5.41) is 9.04. The Bertz CT molecular complexity index is 524. The molecule has 1 amide bonds. The van der Waals surface area contributed by atoms with Gasteiger partial charge in [0.2, 0.25) is 0 Å². The maximum Gasteiger partial charge on any atom is 0.335 e. The van der Waals surface area contributed by atoms with Gasteiger partial charge in [0, 0.05) is 23.6 Å². The second-order valence-corrected chi connectivity index (χ2v) is 6.29. The Labute approximate surface area is 126 Å². The SMILES string of the molecule is CN(CC1CCCC1)C(=O)c1cc(Br)cc(C(=O)O)c1. The van der Waals surface area contributed by atoms with E-state index in [1.54, 1.807) is 18.0 Å². The highest BCUT2D eigenvalue weighted by Crippen LogP contribution is 2.26. The third-order valence-corrected chi connectivity index (χ3v) is 4.20. The largest absolute Gasteiger partial charge is 0.478 e. The second-order valence-electron chi connectivity index (χ2n) is 5.37. The molecule has 1 aromatic carbocycles. The number of aromatic carboxylic acids is 1. The van der Waals surface area contributed by atoms with Crippen molar-refractivity contribution < 1.29 is 14.7 Å². The van der Waals surface area contributed by atoms with Crippen LogP contribution in [-0.4, -0.2) is 35.5 Å². The summed E-state index contributed by atoms with van der Waals surface area (Å²) in [6.07, 6.45) is 4.84. The predicted octanol–water partition coefficient (Wildman–Crippen LogP) is 3.41. The lowest BCUT2D eigenvalue weighted by atomic mass is 10.1. The van der Waals surface area contributed by atoms with Gasteiger partial charge >= 0.3 is 5.97 Å². The van der Waals surface area contributed by atoms with Gasteiger partial charge in [-0.15, -0.1) is 0 Å². The van der Waals surface area contributed by atoms with E-state index >= 15 is 0 Å². The Balaban J connectivity index is 2.13. The van der Waals surface area contributed by atoms with Crippen LogP contribution in [-0.2, 0) is 0 Å². The number of hydrogen-bond donors (Lipinski definition) is 1. The van der Waals surface area contributed by atoms with Crippen molar-refractivity contribution >= 4 is 27.8 Å². The molecule has 1 aromatic rings. The van der Waals surface area contributed by atoms with Crippen LogP contribution >= 0.6 is 15.9 Å². The second kappa shape index (κ2) is 6.39. The molecule has 1 saturated carbocycles. The molecule has 1 aliphatic rings. The van der Waals surface area contributed by atoms with Crippen LogP contribution in [0.25, 0.3) is 0 Å². The first-order chi connectivity index (χ1) is 9.47. The Morgan fingerprint density at radius 3 is 2.45 bits per heavy atom. The van der Waals surface area contributed by atoms with E-state index in [2.05, 4.69) is 15.9 Å². The van der Waals surface area contributed by atoms with E-state index in [0.29, 0.717) is 16.0 Å². The lowest BCUT2D eigenvalue weighted by Crippen LogP contribution is -2.31. The Kier molecular flexibility index (Phi) is 4.81. The number of carbonyl (C=O) groups excluding carboxylic acids is 1. The summed E-state index contributed by atoms with van der Waals surface area (Å²) in [4.78, 5) is 25.1. The van der Waals surface area contributed by atoms with Gasteiger partial charge in [0.05, 0.1) is 5.56 Å². The zero-order valence-corrected chi connectivity index (χ0v) is 13.0. The lowest BCUT2D eigenvalue weighted by molar-refractivity contribution is 0.0697. The van der Waals surface area contributed by atoms with Crippen LogP contribution in [0.4, 0.5) is 0 Å². The average molecular weight is 340 g/mol. The molecular weight excluding hydrogens is 322 g/mol. The topological polar surface area (TPSA) is 57.6 Å². The summed E-state index contributed by atoms with van der Waals surface area (Å²) in [6, 6.07) is 4.59. The highest BCUT2D eigenvalue weighted by atomic mass is 79.9. The van der Waals surface area contributed by atoms with Crippen LogP contribution in [0, 0.1) is 5.92 Å². The van der Waals surface area contributed by atoms with Crippen LogP contribution in [0.5, 0.6) is 0 Å². The van der Waals surface area contributed by atoms with E-state index in [0.717, 1.165) is 6.54 Å². The van der Waals surface area contributed by atoms with E-state index in [1.165, 1.54) is 37.8 Å². The fraction of sp³-hybridized carbons (Fsp3) is 0.467. The molecule has 5 heteroatoms. The Morgan fingerprint density at radius 2 is 1.85 bits per heavy atom. The summed E-state index contributed by atoms with van der Waals surface area (Å²) >= 11 is 3.25. The minimum Gasteiger partial charge on any atom is -0.478 e. The van der Waals surface area contributed by atoms with Crippen molar-refractivity contribution in [3.8, 4) is 0 Å². The molecule has 108 valence electrons. The van der Waals surface area contributed by atoms with Crippen molar-refractivity contribution in [3.63, 3.8) is 0 Å². The molecule has 4 nitrogen and oxygen atoms in total. The van der Waals surface area contributed by atoms with E-state index in [4.69, 9.17) is 5.11 Å². The number of amides is 1. The molecule has 0 spiro atoms. The molecule has 0 heterocycles. The molecule has 0 radical (unpaired) electrons. The van der Waals surface area contributed by atoms with E-state index < -0.39 is 5.97 Å². The molecule has 20 heavy (non-hydrogen) atoms. The molecule has 0 saturated heterocycles. The summed E-state index contributed by atoms with van der Waals surface area (Å²) in [5.41, 5.74) is 0.536. The zero-order chi connectivity index (χ0) is 14.7. The van der Waals surface area contributed by atoms with Gasteiger partial charge in [-0.1, -0.05) is 28.8 Å². The number of benzene rings is 1.